The quantitative estimate of drug-likeness (QED) is 0.273. The maximum Gasteiger partial charge on any atom is 0.410 e. The Balaban J connectivity index is 1.70. The molecule has 1 amide bonds. The van der Waals surface area contributed by atoms with Crippen molar-refractivity contribution in [3.8, 4) is 0 Å². The van der Waals surface area contributed by atoms with E-state index >= 15 is 0 Å². The van der Waals surface area contributed by atoms with Crippen LogP contribution in [0.15, 0.2) is 30.3 Å². The average molecular weight is 473 g/mol. The molecule has 1 fully saturated rings. The number of unbranched alkanes of at least 4 members (excludes halogenated alkanes) is 1. The molecule has 26 heavy (non-hydrogen) atoms. The molecule has 0 aliphatic carbocycles. The van der Waals surface area contributed by atoms with E-state index in [4.69, 9.17) is 9.47 Å². The van der Waals surface area contributed by atoms with Crippen molar-refractivity contribution in [2.75, 3.05) is 24.1 Å². The second-order valence-electron chi connectivity index (χ2n) is 7.58. The molecule has 1 aromatic rings. The van der Waals surface area contributed by atoms with Gasteiger partial charge in [0.2, 0.25) is 0 Å². The summed E-state index contributed by atoms with van der Waals surface area (Å²) < 4.78 is 12.7. The van der Waals surface area contributed by atoms with Crippen molar-refractivity contribution in [1.82, 2.24) is 4.90 Å². The fourth-order valence-electron chi connectivity index (χ4n) is 3.17. The number of hydrogen-bond acceptors (Lipinski definition) is 3. The maximum absolute atomic E-state index is 12.3. The number of benzene rings is 1. The molecular weight excluding hydrogens is 441 g/mol. The highest BCUT2D eigenvalue weighted by atomic mass is 127. The molecule has 1 aliphatic rings. The molecule has 0 spiro atoms. The van der Waals surface area contributed by atoms with Crippen molar-refractivity contribution in [2.45, 2.75) is 58.2 Å². The molecule has 5 heteroatoms. The summed E-state index contributed by atoms with van der Waals surface area (Å²) in [7, 11) is 0. The summed E-state index contributed by atoms with van der Waals surface area (Å²) in [4.78, 5) is 14.1. The third-order valence-corrected chi connectivity index (χ3v) is 6.36. The van der Waals surface area contributed by atoms with E-state index in [0.717, 1.165) is 41.8 Å². The number of nitrogens with zero attached hydrogens (tertiary/aromatic N) is 1. The summed E-state index contributed by atoms with van der Waals surface area (Å²) in [6.07, 6.45) is 5.18. The number of alkyl halides is 1. The number of likely N-dealkylation sites (tertiary alicyclic amines) is 1. The van der Waals surface area contributed by atoms with Crippen molar-refractivity contribution < 1.29 is 14.3 Å². The number of carbonyl (C=O) groups excluding carboxylic acids is 1. The Morgan fingerprint density at radius 1 is 1.19 bits per heavy atom. The Bertz CT molecular complexity index is 527. The smallest absolute Gasteiger partial charge is 0.410 e. The van der Waals surface area contributed by atoms with Gasteiger partial charge in [-0.15, -0.1) is 0 Å². The molecular formula is C21H32INO3. The highest BCUT2D eigenvalue weighted by Gasteiger charge is 2.36. The summed E-state index contributed by atoms with van der Waals surface area (Å²) in [5.41, 5.74) is 0.943. The Morgan fingerprint density at radius 3 is 2.50 bits per heavy atom. The van der Waals surface area contributed by atoms with Crippen LogP contribution in [0.5, 0.6) is 0 Å². The maximum atomic E-state index is 12.3. The number of halogens is 1. The molecule has 0 unspecified atom stereocenters. The average Bonchev–Trinajstić information content (AvgIpc) is 2.67. The standard InChI is InChI=1S/C21H32INO3/c1-18(2)8-6-7-15-26-21(17-22)11-13-23(14-12-21)20(24)25-16-19-9-4-3-5-10-19/h3-5,9-10,18H,6-8,11-17H2,1-2H3. The second kappa shape index (κ2) is 11.1. The lowest BCUT2D eigenvalue weighted by atomic mass is 9.93. The molecule has 146 valence electrons. The number of ether oxygens (including phenoxy) is 2. The molecule has 0 N–H and O–H groups in total. The first-order valence-electron chi connectivity index (χ1n) is 9.70. The van der Waals surface area contributed by atoms with Crippen molar-refractivity contribution >= 4 is 28.7 Å². The fraction of sp³-hybridized carbons (Fsp3) is 0.667. The Morgan fingerprint density at radius 2 is 1.88 bits per heavy atom. The number of piperidine rings is 1. The largest absolute Gasteiger partial charge is 0.445 e. The highest BCUT2D eigenvalue weighted by Crippen LogP contribution is 2.29. The molecule has 1 aromatic carbocycles. The van der Waals surface area contributed by atoms with Gasteiger partial charge in [-0.3, -0.25) is 0 Å². The third kappa shape index (κ3) is 7.06. The van der Waals surface area contributed by atoms with E-state index in [0.29, 0.717) is 19.7 Å². The zero-order valence-corrected chi connectivity index (χ0v) is 18.2. The van der Waals surface area contributed by atoms with Gasteiger partial charge in [-0.2, -0.15) is 0 Å². The van der Waals surface area contributed by atoms with E-state index in [9.17, 15) is 4.79 Å². The van der Waals surface area contributed by atoms with E-state index in [2.05, 4.69) is 36.4 Å². The van der Waals surface area contributed by atoms with Gasteiger partial charge in [0.15, 0.2) is 0 Å². The van der Waals surface area contributed by atoms with Gasteiger partial charge in [0, 0.05) is 24.1 Å². The third-order valence-electron chi connectivity index (χ3n) is 4.97. The van der Waals surface area contributed by atoms with E-state index in [1.807, 2.05) is 35.2 Å². The van der Waals surface area contributed by atoms with Crippen LogP contribution in [-0.2, 0) is 16.1 Å². The van der Waals surface area contributed by atoms with Gasteiger partial charge in [0.1, 0.15) is 6.61 Å². The molecule has 1 aliphatic heterocycles. The summed E-state index contributed by atoms with van der Waals surface area (Å²) >= 11 is 2.42. The fourth-order valence-corrected chi connectivity index (χ4v) is 4.15. The van der Waals surface area contributed by atoms with E-state index in [1.165, 1.54) is 12.8 Å². The number of rotatable bonds is 9. The van der Waals surface area contributed by atoms with Crippen LogP contribution >= 0.6 is 22.6 Å². The van der Waals surface area contributed by atoms with E-state index in [-0.39, 0.29) is 11.7 Å². The van der Waals surface area contributed by atoms with Crippen LogP contribution in [0.25, 0.3) is 0 Å². The lowest BCUT2D eigenvalue weighted by Gasteiger charge is -2.40. The van der Waals surface area contributed by atoms with Crippen LogP contribution in [0, 0.1) is 5.92 Å². The zero-order valence-electron chi connectivity index (χ0n) is 16.1. The minimum Gasteiger partial charge on any atom is -0.445 e. The van der Waals surface area contributed by atoms with E-state index in [1.54, 1.807) is 0 Å². The summed E-state index contributed by atoms with van der Waals surface area (Å²) in [5.74, 6) is 0.763. The van der Waals surface area contributed by atoms with Crippen molar-refractivity contribution in [3.05, 3.63) is 35.9 Å². The van der Waals surface area contributed by atoms with Crippen LogP contribution in [0.1, 0.15) is 51.5 Å². The van der Waals surface area contributed by atoms with Gasteiger partial charge in [-0.25, -0.2) is 4.79 Å². The molecule has 2 rings (SSSR count). The van der Waals surface area contributed by atoms with Crippen molar-refractivity contribution in [1.29, 1.82) is 0 Å². The topological polar surface area (TPSA) is 38.8 Å². The van der Waals surface area contributed by atoms with Crippen LogP contribution < -0.4 is 0 Å². The van der Waals surface area contributed by atoms with Crippen LogP contribution in [0.2, 0.25) is 0 Å². The summed E-state index contributed by atoms with van der Waals surface area (Å²) in [5, 5.41) is 0. The predicted molar refractivity (Wildman–Crippen MR) is 114 cm³/mol. The minimum absolute atomic E-state index is 0.0748. The molecule has 0 radical (unpaired) electrons. The van der Waals surface area contributed by atoms with Crippen LogP contribution in [0.4, 0.5) is 4.79 Å². The lowest BCUT2D eigenvalue weighted by molar-refractivity contribution is -0.0648. The zero-order chi connectivity index (χ0) is 18.8. The second-order valence-corrected chi connectivity index (χ2v) is 8.34. The number of carbonyl (C=O) groups is 1. The molecule has 1 heterocycles. The number of hydrogen-bond donors (Lipinski definition) is 0. The van der Waals surface area contributed by atoms with Gasteiger partial charge in [-0.05, 0) is 30.7 Å². The molecule has 0 bridgehead atoms. The Labute approximate surface area is 171 Å². The first-order valence-corrected chi connectivity index (χ1v) is 11.2. The first kappa shape index (κ1) is 21.5. The van der Waals surface area contributed by atoms with E-state index < -0.39 is 0 Å². The van der Waals surface area contributed by atoms with Gasteiger partial charge < -0.3 is 14.4 Å². The Kier molecular flexibility index (Phi) is 9.19. The summed E-state index contributed by atoms with van der Waals surface area (Å²) in [6.45, 7) is 7.11. The lowest BCUT2D eigenvalue weighted by Crippen LogP contribution is -2.49. The van der Waals surface area contributed by atoms with Crippen LogP contribution in [0.3, 0.4) is 0 Å². The van der Waals surface area contributed by atoms with Crippen molar-refractivity contribution in [2.24, 2.45) is 5.92 Å². The van der Waals surface area contributed by atoms with Gasteiger partial charge in [0.05, 0.1) is 5.60 Å². The molecule has 0 saturated carbocycles. The van der Waals surface area contributed by atoms with Crippen molar-refractivity contribution in [3.63, 3.8) is 0 Å². The van der Waals surface area contributed by atoms with Gasteiger partial charge in [0.25, 0.3) is 0 Å². The SMILES string of the molecule is CC(C)CCCCOC1(CI)CCN(C(=O)OCc2ccccc2)CC1. The highest BCUT2D eigenvalue weighted by molar-refractivity contribution is 14.1. The first-order chi connectivity index (χ1) is 12.5. The van der Waals surface area contributed by atoms with Gasteiger partial charge >= 0.3 is 6.09 Å². The predicted octanol–water partition coefficient (Wildman–Crippen LogP) is 5.44. The molecule has 1 saturated heterocycles. The molecule has 4 nitrogen and oxygen atoms in total. The normalized spacial score (nSPS) is 16.7. The van der Waals surface area contributed by atoms with Gasteiger partial charge in [-0.1, -0.05) is 79.6 Å². The van der Waals surface area contributed by atoms with Crippen LogP contribution in [-0.4, -0.2) is 40.7 Å². The number of amides is 1. The Hall–Kier alpha value is -0.820. The molecule has 0 atom stereocenters. The minimum atomic E-state index is -0.215. The monoisotopic (exact) mass is 473 g/mol. The summed E-state index contributed by atoms with van der Waals surface area (Å²) in [6, 6.07) is 9.81. The molecule has 0 aromatic heterocycles.